The van der Waals surface area contributed by atoms with Crippen molar-refractivity contribution in [3.8, 4) is 0 Å². The SMILES string of the molecule is CCn1nc(C)c(Cl)c1CC(NN)c1ccc(Cl)c(Br)c1. The summed E-state index contributed by atoms with van der Waals surface area (Å²) in [6.07, 6.45) is 0.651. The van der Waals surface area contributed by atoms with Gasteiger partial charge in [0.25, 0.3) is 0 Å². The van der Waals surface area contributed by atoms with Gasteiger partial charge in [0.15, 0.2) is 0 Å². The van der Waals surface area contributed by atoms with E-state index in [4.69, 9.17) is 29.0 Å². The number of nitrogens with two attached hydrogens (primary N) is 1. The van der Waals surface area contributed by atoms with Gasteiger partial charge < -0.3 is 0 Å². The molecule has 1 heterocycles. The predicted molar refractivity (Wildman–Crippen MR) is 90.6 cm³/mol. The molecule has 0 aliphatic rings. The van der Waals surface area contributed by atoms with E-state index >= 15 is 0 Å². The third kappa shape index (κ3) is 3.60. The Hall–Kier alpha value is -0.590. The molecule has 114 valence electrons. The molecule has 0 saturated heterocycles. The van der Waals surface area contributed by atoms with E-state index in [0.717, 1.165) is 28.0 Å². The second-order valence-corrected chi connectivity index (χ2v) is 6.40. The second kappa shape index (κ2) is 7.11. The van der Waals surface area contributed by atoms with Crippen LogP contribution in [-0.4, -0.2) is 9.78 Å². The maximum atomic E-state index is 6.36. The Morgan fingerprint density at radius 3 is 2.71 bits per heavy atom. The number of aromatic nitrogens is 2. The standard InChI is InChI=1S/C14H17BrCl2N4/c1-3-21-13(14(17)8(2)20-21)7-12(19-18)9-4-5-11(16)10(15)6-9/h4-6,12,19H,3,7,18H2,1-2H3. The van der Waals surface area contributed by atoms with Crippen molar-refractivity contribution in [2.24, 2.45) is 5.84 Å². The zero-order chi connectivity index (χ0) is 15.6. The minimum Gasteiger partial charge on any atom is -0.271 e. The quantitative estimate of drug-likeness (QED) is 0.597. The van der Waals surface area contributed by atoms with E-state index in [2.05, 4.69) is 26.5 Å². The van der Waals surface area contributed by atoms with E-state index in [9.17, 15) is 0 Å². The monoisotopic (exact) mass is 390 g/mol. The van der Waals surface area contributed by atoms with E-state index in [1.54, 1.807) is 0 Å². The Balaban J connectivity index is 2.33. The average molecular weight is 392 g/mol. The highest BCUT2D eigenvalue weighted by Crippen LogP contribution is 2.29. The van der Waals surface area contributed by atoms with Gasteiger partial charge in [0.2, 0.25) is 0 Å². The van der Waals surface area contributed by atoms with Gasteiger partial charge in [0, 0.05) is 17.4 Å². The first-order valence-electron chi connectivity index (χ1n) is 6.60. The molecule has 4 nitrogen and oxygen atoms in total. The fourth-order valence-corrected chi connectivity index (χ4v) is 2.99. The lowest BCUT2D eigenvalue weighted by Gasteiger charge is -2.18. The Bertz CT molecular complexity index is 642. The van der Waals surface area contributed by atoms with Crippen molar-refractivity contribution in [1.29, 1.82) is 0 Å². The molecule has 0 saturated carbocycles. The van der Waals surface area contributed by atoms with Gasteiger partial charge in [-0.25, -0.2) is 0 Å². The summed E-state index contributed by atoms with van der Waals surface area (Å²) in [7, 11) is 0. The van der Waals surface area contributed by atoms with E-state index in [-0.39, 0.29) is 6.04 Å². The fourth-order valence-electron chi connectivity index (χ4n) is 2.26. The lowest BCUT2D eigenvalue weighted by Crippen LogP contribution is -2.30. The van der Waals surface area contributed by atoms with Gasteiger partial charge >= 0.3 is 0 Å². The number of benzene rings is 1. The molecule has 21 heavy (non-hydrogen) atoms. The summed E-state index contributed by atoms with van der Waals surface area (Å²) in [6, 6.07) is 5.68. The minimum atomic E-state index is -0.0718. The van der Waals surface area contributed by atoms with Crippen LogP contribution in [0.4, 0.5) is 0 Å². The summed E-state index contributed by atoms with van der Waals surface area (Å²) in [6.45, 7) is 4.71. The third-order valence-corrected chi connectivity index (χ3v) is 5.10. The van der Waals surface area contributed by atoms with Crippen LogP contribution in [0.1, 0.15) is 29.9 Å². The highest BCUT2D eigenvalue weighted by Gasteiger charge is 2.19. The molecule has 0 amide bonds. The maximum Gasteiger partial charge on any atom is 0.0847 e. The van der Waals surface area contributed by atoms with Crippen molar-refractivity contribution < 1.29 is 0 Å². The van der Waals surface area contributed by atoms with Crippen LogP contribution in [0.3, 0.4) is 0 Å². The molecule has 0 bridgehead atoms. The molecular formula is C14H17BrCl2N4. The predicted octanol–water partition coefficient (Wildman–Crippen LogP) is 4.03. The summed E-state index contributed by atoms with van der Waals surface area (Å²) in [5, 5.41) is 5.79. The van der Waals surface area contributed by atoms with Crippen LogP contribution < -0.4 is 11.3 Å². The van der Waals surface area contributed by atoms with Crippen LogP contribution in [-0.2, 0) is 13.0 Å². The highest BCUT2D eigenvalue weighted by molar-refractivity contribution is 9.10. The van der Waals surface area contributed by atoms with E-state index in [1.165, 1.54) is 0 Å². The lowest BCUT2D eigenvalue weighted by atomic mass is 10.0. The molecule has 7 heteroatoms. The minimum absolute atomic E-state index is 0.0718. The molecular weight excluding hydrogens is 375 g/mol. The molecule has 3 N–H and O–H groups in total. The fraction of sp³-hybridized carbons (Fsp3) is 0.357. The van der Waals surface area contributed by atoms with Gasteiger partial charge in [-0.05, 0) is 47.5 Å². The van der Waals surface area contributed by atoms with Crippen LogP contribution >= 0.6 is 39.1 Å². The maximum absolute atomic E-state index is 6.36. The van der Waals surface area contributed by atoms with Gasteiger partial charge in [-0.3, -0.25) is 16.0 Å². The number of halogens is 3. The Labute approximate surface area is 142 Å². The van der Waals surface area contributed by atoms with Crippen molar-refractivity contribution in [3.63, 3.8) is 0 Å². The van der Waals surface area contributed by atoms with Crippen LogP contribution in [0.15, 0.2) is 22.7 Å². The molecule has 0 fully saturated rings. The van der Waals surface area contributed by atoms with Gasteiger partial charge in [-0.1, -0.05) is 29.3 Å². The van der Waals surface area contributed by atoms with Crippen LogP contribution in [0.5, 0.6) is 0 Å². The Morgan fingerprint density at radius 1 is 1.43 bits per heavy atom. The van der Waals surface area contributed by atoms with Crippen molar-refractivity contribution in [1.82, 2.24) is 15.2 Å². The van der Waals surface area contributed by atoms with Crippen LogP contribution in [0.25, 0.3) is 0 Å². The number of hydrogen-bond acceptors (Lipinski definition) is 3. The third-order valence-electron chi connectivity index (χ3n) is 3.40. The van der Waals surface area contributed by atoms with E-state index < -0.39 is 0 Å². The van der Waals surface area contributed by atoms with Crippen molar-refractivity contribution in [2.75, 3.05) is 0 Å². The van der Waals surface area contributed by atoms with Gasteiger partial charge in [0.1, 0.15) is 0 Å². The van der Waals surface area contributed by atoms with E-state index in [0.29, 0.717) is 16.5 Å². The zero-order valence-corrected chi connectivity index (χ0v) is 14.9. The van der Waals surface area contributed by atoms with Crippen molar-refractivity contribution in [3.05, 3.63) is 49.7 Å². The molecule has 2 rings (SSSR count). The lowest BCUT2D eigenvalue weighted by molar-refractivity contribution is 0.517. The summed E-state index contributed by atoms with van der Waals surface area (Å²) in [5.74, 6) is 5.72. The Kier molecular flexibility index (Phi) is 5.68. The normalized spacial score (nSPS) is 12.7. The molecule has 1 aromatic heterocycles. The number of rotatable bonds is 5. The molecule has 0 aliphatic carbocycles. The van der Waals surface area contributed by atoms with E-state index in [1.807, 2.05) is 36.7 Å². The first-order valence-corrected chi connectivity index (χ1v) is 8.15. The van der Waals surface area contributed by atoms with Crippen LogP contribution in [0, 0.1) is 6.92 Å². The number of nitrogens with one attached hydrogen (secondary N) is 1. The molecule has 1 atom stereocenters. The molecule has 0 aliphatic heterocycles. The molecule has 0 radical (unpaired) electrons. The number of aryl methyl sites for hydroxylation is 2. The smallest absolute Gasteiger partial charge is 0.0847 e. The first kappa shape index (κ1) is 16.8. The number of nitrogens with zero attached hydrogens (tertiary/aromatic N) is 2. The molecule has 2 aromatic rings. The molecule has 0 spiro atoms. The average Bonchev–Trinajstić information content (AvgIpc) is 2.75. The zero-order valence-electron chi connectivity index (χ0n) is 11.8. The highest BCUT2D eigenvalue weighted by atomic mass is 79.9. The Morgan fingerprint density at radius 2 is 2.14 bits per heavy atom. The van der Waals surface area contributed by atoms with Crippen LogP contribution in [0.2, 0.25) is 10.0 Å². The summed E-state index contributed by atoms with van der Waals surface area (Å²) in [5.41, 5.74) is 5.68. The van der Waals surface area contributed by atoms with Gasteiger partial charge in [-0.2, -0.15) is 5.10 Å². The van der Waals surface area contributed by atoms with Gasteiger partial charge in [-0.15, -0.1) is 0 Å². The largest absolute Gasteiger partial charge is 0.271 e. The second-order valence-electron chi connectivity index (χ2n) is 4.76. The summed E-state index contributed by atoms with van der Waals surface area (Å²) >= 11 is 15.8. The number of hydrazine groups is 1. The molecule has 1 unspecified atom stereocenters. The molecule has 1 aromatic carbocycles. The van der Waals surface area contributed by atoms with Gasteiger partial charge in [0.05, 0.1) is 27.5 Å². The van der Waals surface area contributed by atoms with Crippen molar-refractivity contribution >= 4 is 39.1 Å². The first-order chi connectivity index (χ1) is 9.97. The summed E-state index contributed by atoms with van der Waals surface area (Å²) in [4.78, 5) is 0. The summed E-state index contributed by atoms with van der Waals surface area (Å²) < 4.78 is 2.75. The van der Waals surface area contributed by atoms with Crippen molar-refractivity contribution in [2.45, 2.75) is 32.9 Å². The topological polar surface area (TPSA) is 55.9 Å². The number of hydrogen-bond donors (Lipinski definition) is 2.